The van der Waals surface area contributed by atoms with Crippen LogP contribution in [0.3, 0.4) is 0 Å². The van der Waals surface area contributed by atoms with E-state index in [1.165, 1.54) is 12.1 Å². The van der Waals surface area contributed by atoms with E-state index in [1.807, 2.05) is 0 Å². The quantitative estimate of drug-likeness (QED) is 0.594. The summed E-state index contributed by atoms with van der Waals surface area (Å²) in [6.45, 7) is 0. The Morgan fingerprint density at radius 1 is 1.00 bits per heavy atom. The maximum absolute atomic E-state index is 11.8. The van der Waals surface area contributed by atoms with Gasteiger partial charge in [0.1, 0.15) is 5.78 Å². The molecule has 2 aliphatic rings. The van der Waals surface area contributed by atoms with Crippen LogP contribution in [0.1, 0.15) is 32.1 Å². The van der Waals surface area contributed by atoms with Crippen molar-refractivity contribution >= 4 is 59.3 Å². The van der Waals surface area contributed by atoms with E-state index in [0.29, 0.717) is 30.7 Å². The highest BCUT2D eigenvalue weighted by Crippen LogP contribution is 2.44. The molecule has 1 aromatic carbocycles. The Morgan fingerprint density at radius 2 is 1.53 bits per heavy atom. The number of carbonyl (C=O) groups is 1. The molecule has 0 amide bonds. The fourth-order valence-electron chi connectivity index (χ4n) is 3.32. The molecular weight excluding hydrogens is 438 g/mol. The first-order valence-corrected chi connectivity index (χ1v) is 8.88. The first-order chi connectivity index (χ1) is 9.06. The number of Topliss-reactive ketones (excluding diaryl/α,β-unsaturated/α-hetero) is 1. The molecule has 2 unspecified atom stereocenters. The second kappa shape index (κ2) is 5.49. The number of anilines is 1. The highest BCUT2D eigenvalue weighted by molar-refractivity contribution is 9.11. The molecule has 2 aliphatic heterocycles. The third-order valence-electron chi connectivity index (χ3n) is 4.03. The smallest absolute Gasteiger partial charge is 0.137 e. The minimum Gasteiger partial charge on any atom is -0.363 e. The summed E-state index contributed by atoms with van der Waals surface area (Å²) in [5, 5.41) is 0. The second-order valence-corrected chi connectivity index (χ2v) is 7.94. The zero-order chi connectivity index (χ0) is 13.6. The molecule has 0 aromatic heterocycles. The van der Waals surface area contributed by atoms with Crippen molar-refractivity contribution in [1.29, 1.82) is 0 Å². The number of rotatable bonds is 1. The molecule has 0 aliphatic carbocycles. The highest BCUT2D eigenvalue weighted by Gasteiger charge is 2.39. The van der Waals surface area contributed by atoms with E-state index >= 15 is 0 Å². The number of piperidine rings is 2. The van der Waals surface area contributed by atoms with Crippen LogP contribution >= 0.6 is 47.8 Å². The summed E-state index contributed by atoms with van der Waals surface area (Å²) in [6.07, 6.45) is 4.89. The van der Waals surface area contributed by atoms with Gasteiger partial charge >= 0.3 is 0 Å². The summed E-state index contributed by atoms with van der Waals surface area (Å²) in [5.74, 6) is 0.426. The predicted octanol–water partition coefficient (Wildman–Crippen LogP) is 5.06. The second-order valence-electron chi connectivity index (χ2n) is 5.31. The molecule has 0 spiro atoms. The van der Waals surface area contributed by atoms with E-state index in [9.17, 15) is 4.79 Å². The lowest BCUT2D eigenvalue weighted by Crippen LogP contribution is -2.52. The number of halogens is 3. The van der Waals surface area contributed by atoms with Crippen LogP contribution in [0.2, 0.25) is 0 Å². The van der Waals surface area contributed by atoms with Gasteiger partial charge < -0.3 is 4.90 Å². The fourth-order valence-corrected chi connectivity index (χ4v) is 5.99. The number of fused-ring (bicyclic) bond motifs is 2. The predicted molar refractivity (Wildman–Crippen MR) is 87.7 cm³/mol. The lowest BCUT2D eigenvalue weighted by atomic mass is 9.83. The first kappa shape index (κ1) is 14.1. The lowest BCUT2D eigenvalue weighted by molar-refractivity contribution is -0.121. The van der Waals surface area contributed by atoms with Gasteiger partial charge in [-0.2, -0.15) is 0 Å². The third kappa shape index (κ3) is 2.66. The summed E-state index contributed by atoms with van der Waals surface area (Å²) >= 11 is 10.8. The molecular formula is C14H14Br3NO. The van der Waals surface area contributed by atoms with Crippen LogP contribution in [0.5, 0.6) is 0 Å². The van der Waals surface area contributed by atoms with Crippen molar-refractivity contribution in [2.45, 2.75) is 44.2 Å². The summed E-state index contributed by atoms with van der Waals surface area (Å²) in [4.78, 5) is 14.3. The van der Waals surface area contributed by atoms with Gasteiger partial charge in [-0.05, 0) is 63.3 Å². The molecule has 0 saturated carbocycles. The topological polar surface area (TPSA) is 20.3 Å². The molecule has 2 heterocycles. The standard InChI is InChI=1S/C14H14Br3NO/c15-8-4-12(16)14(13(17)5-8)18-9-2-1-3-10(18)7-11(19)6-9/h4-5,9-10H,1-3,6-7H2. The van der Waals surface area contributed by atoms with Gasteiger partial charge in [0, 0.05) is 38.3 Å². The van der Waals surface area contributed by atoms with Gasteiger partial charge in [-0.1, -0.05) is 15.9 Å². The largest absolute Gasteiger partial charge is 0.363 e. The number of ketones is 1. The van der Waals surface area contributed by atoms with Crippen LogP contribution in [0.4, 0.5) is 5.69 Å². The minimum atomic E-state index is 0.369. The molecule has 2 nitrogen and oxygen atoms in total. The Hall–Kier alpha value is 0.130. The van der Waals surface area contributed by atoms with E-state index in [2.05, 4.69) is 64.8 Å². The normalized spacial score (nSPS) is 26.7. The zero-order valence-corrected chi connectivity index (χ0v) is 15.1. The average molecular weight is 452 g/mol. The van der Waals surface area contributed by atoms with Crippen LogP contribution in [0, 0.1) is 0 Å². The number of hydrogen-bond donors (Lipinski definition) is 0. The molecule has 102 valence electrons. The Balaban J connectivity index is 2.04. The molecule has 1 aromatic rings. The number of carbonyl (C=O) groups excluding carboxylic acids is 1. The Kier molecular flexibility index (Phi) is 4.07. The minimum absolute atomic E-state index is 0.369. The highest BCUT2D eigenvalue weighted by atomic mass is 79.9. The Morgan fingerprint density at radius 3 is 2.05 bits per heavy atom. The van der Waals surface area contributed by atoms with Gasteiger partial charge in [0.15, 0.2) is 0 Å². The Labute approximate surface area is 138 Å². The van der Waals surface area contributed by atoms with E-state index < -0.39 is 0 Å². The summed E-state index contributed by atoms with van der Waals surface area (Å²) in [5.41, 5.74) is 1.20. The van der Waals surface area contributed by atoms with Gasteiger partial charge in [0.25, 0.3) is 0 Å². The molecule has 5 heteroatoms. The molecule has 0 N–H and O–H groups in total. The molecule has 2 atom stereocenters. The van der Waals surface area contributed by atoms with Gasteiger partial charge in [0.2, 0.25) is 0 Å². The molecule has 2 fully saturated rings. The SMILES string of the molecule is O=C1CC2CCCC(C1)N2c1c(Br)cc(Br)cc1Br. The van der Waals surface area contributed by atoms with Crippen molar-refractivity contribution in [2.75, 3.05) is 4.90 Å². The molecule has 3 rings (SSSR count). The van der Waals surface area contributed by atoms with Crippen LogP contribution in [-0.2, 0) is 4.79 Å². The maximum Gasteiger partial charge on any atom is 0.137 e. The lowest BCUT2D eigenvalue weighted by Gasteiger charge is -2.47. The monoisotopic (exact) mass is 449 g/mol. The first-order valence-electron chi connectivity index (χ1n) is 6.51. The van der Waals surface area contributed by atoms with Gasteiger partial charge in [-0.25, -0.2) is 0 Å². The van der Waals surface area contributed by atoms with Crippen LogP contribution in [-0.4, -0.2) is 17.9 Å². The van der Waals surface area contributed by atoms with Gasteiger partial charge in [-0.3, -0.25) is 4.79 Å². The summed E-state index contributed by atoms with van der Waals surface area (Å²) in [6, 6.07) is 4.89. The van der Waals surface area contributed by atoms with Crippen molar-refractivity contribution in [2.24, 2.45) is 0 Å². The van der Waals surface area contributed by atoms with Crippen molar-refractivity contribution in [3.05, 3.63) is 25.6 Å². The van der Waals surface area contributed by atoms with Crippen molar-refractivity contribution in [3.8, 4) is 0 Å². The van der Waals surface area contributed by atoms with E-state index in [-0.39, 0.29) is 0 Å². The number of benzene rings is 1. The number of nitrogens with zero attached hydrogens (tertiary/aromatic N) is 1. The molecule has 2 saturated heterocycles. The van der Waals surface area contributed by atoms with Crippen molar-refractivity contribution < 1.29 is 4.79 Å². The average Bonchev–Trinajstić information content (AvgIpc) is 2.28. The van der Waals surface area contributed by atoms with E-state index in [1.54, 1.807) is 0 Å². The van der Waals surface area contributed by atoms with E-state index in [4.69, 9.17) is 0 Å². The van der Waals surface area contributed by atoms with Gasteiger partial charge in [-0.15, -0.1) is 0 Å². The van der Waals surface area contributed by atoms with E-state index in [0.717, 1.165) is 26.3 Å². The zero-order valence-electron chi connectivity index (χ0n) is 10.3. The molecule has 2 bridgehead atoms. The maximum atomic E-state index is 11.8. The van der Waals surface area contributed by atoms with Crippen LogP contribution in [0.25, 0.3) is 0 Å². The van der Waals surface area contributed by atoms with Crippen LogP contribution in [0.15, 0.2) is 25.6 Å². The van der Waals surface area contributed by atoms with Crippen molar-refractivity contribution in [3.63, 3.8) is 0 Å². The summed E-state index contributed by atoms with van der Waals surface area (Å²) in [7, 11) is 0. The fraction of sp³-hybridized carbons (Fsp3) is 0.500. The summed E-state index contributed by atoms with van der Waals surface area (Å²) < 4.78 is 3.22. The molecule has 0 radical (unpaired) electrons. The number of hydrogen-bond acceptors (Lipinski definition) is 2. The molecule has 19 heavy (non-hydrogen) atoms. The Bertz CT molecular complexity index is 492. The van der Waals surface area contributed by atoms with Gasteiger partial charge in [0.05, 0.1) is 5.69 Å². The third-order valence-corrected chi connectivity index (χ3v) is 5.69. The van der Waals surface area contributed by atoms with Crippen molar-refractivity contribution in [1.82, 2.24) is 0 Å². The van der Waals surface area contributed by atoms with Crippen LogP contribution < -0.4 is 4.90 Å².